The van der Waals surface area contributed by atoms with Gasteiger partial charge in [0.1, 0.15) is 0 Å². The molecule has 3 rings (SSSR count). The monoisotopic (exact) mass is 271 g/mol. The van der Waals surface area contributed by atoms with E-state index >= 15 is 0 Å². The molecular weight excluding hydrogens is 258 g/mol. The first-order chi connectivity index (χ1) is 9.26. The van der Waals surface area contributed by atoms with Gasteiger partial charge in [-0.2, -0.15) is 10.2 Å². The van der Waals surface area contributed by atoms with Gasteiger partial charge in [0.05, 0.1) is 16.9 Å². The summed E-state index contributed by atoms with van der Waals surface area (Å²) >= 11 is 1.62. The van der Waals surface area contributed by atoms with Crippen molar-refractivity contribution < 1.29 is 4.52 Å². The largest absolute Gasteiger partial charge is 0.338 e. The second-order valence-corrected chi connectivity index (χ2v) is 6.08. The zero-order chi connectivity index (χ0) is 13.2. The van der Waals surface area contributed by atoms with Gasteiger partial charge >= 0.3 is 0 Å². The Morgan fingerprint density at radius 1 is 1.47 bits per heavy atom. The number of benzene rings is 1. The van der Waals surface area contributed by atoms with Crippen molar-refractivity contribution in [3.05, 3.63) is 41.5 Å². The van der Waals surface area contributed by atoms with E-state index in [0.29, 0.717) is 17.4 Å². The maximum absolute atomic E-state index is 8.88. The summed E-state index contributed by atoms with van der Waals surface area (Å²) in [4.78, 5) is 5.49. The molecule has 19 heavy (non-hydrogen) atoms. The summed E-state index contributed by atoms with van der Waals surface area (Å²) in [6, 6.07) is 9.69. The molecule has 1 saturated carbocycles. The summed E-state index contributed by atoms with van der Waals surface area (Å²) in [6.07, 6.45) is 2.34. The number of nitriles is 1. The van der Waals surface area contributed by atoms with Crippen molar-refractivity contribution in [3.63, 3.8) is 0 Å². The Balaban J connectivity index is 1.72. The van der Waals surface area contributed by atoms with E-state index in [-0.39, 0.29) is 5.25 Å². The third-order valence-corrected chi connectivity index (χ3v) is 4.10. The molecule has 0 amide bonds. The fraction of sp³-hybridized carbons (Fsp3) is 0.357. The van der Waals surface area contributed by atoms with Crippen LogP contribution in [0.2, 0.25) is 0 Å². The maximum Gasteiger partial charge on any atom is 0.239 e. The summed E-state index contributed by atoms with van der Waals surface area (Å²) in [5.41, 5.74) is 0.668. The van der Waals surface area contributed by atoms with Crippen LogP contribution in [0.4, 0.5) is 0 Å². The molecule has 1 aromatic carbocycles. The van der Waals surface area contributed by atoms with Crippen LogP contribution in [0.5, 0.6) is 0 Å². The molecular formula is C14H13N3OS. The van der Waals surface area contributed by atoms with E-state index < -0.39 is 0 Å². The van der Waals surface area contributed by atoms with Crippen LogP contribution in [0.1, 0.15) is 48.2 Å². The van der Waals surface area contributed by atoms with Crippen molar-refractivity contribution in [2.75, 3.05) is 0 Å². The summed E-state index contributed by atoms with van der Waals surface area (Å²) in [6.45, 7) is 2.04. The Kier molecular flexibility index (Phi) is 3.26. The van der Waals surface area contributed by atoms with Crippen LogP contribution in [-0.4, -0.2) is 10.1 Å². The average molecular weight is 271 g/mol. The number of nitrogens with zero attached hydrogens (tertiary/aromatic N) is 3. The highest BCUT2D eigenvalue weighted by Gasteiger charge is 2.29. The Hall–Kier alpha value is -1.80. The minimum Gasteiger partial charge on any atom is -0.338 e. The Bertz CT molecular complexity index is 628. The van der Waals surface area contributed by atoms with Crippen LogP contribution in [-0.2, 0) is 0 Å². The SMILES string of the molecule is CC(Sc1cccc(C#N)c1)c1nc(C2CC2)no1. The van der Waals surface area contributed by atoms with Crippen molar-refractivity contribution in [1.29, 1.82) is 5.26 Å². The fourth-order valence-corrected chi connectivity index (χ4v) is 2.77. The van der Waals surface area contributed by atoms with Gasteiger partial charge < -0.3 is 4.52 Å². The van der Waals surface area contributed by atoms with Gasteiger partial charge in [-0.15, -0.1) is 11.8 Å². The zero-order valence-corrected chi connectivity index (χ0v) is 11.4. The smallest absolute Gasteiger partial charge is 0.239 e. The molecule has 4 nitrogen and oxygen atoms in total. The number of hydrogen-bond acceptors (Lipinski definition) is 5. The number of rotatable bonds is 4. The van der Waals surface area contributed by atoms with Gasteiger partial charge in [-0.25, -0.2) is 0 Å². The second-order valence-electron chi connectivity index (χ2n) is 4.66. The average Bonchev–Trinajstić information content (AvgIpc) is 3.16. The molecule has 0 spiro atoms. The van der Waals surface area contributed by atoms with Gasteiger partial charge in [0.25, 0.3) is 0 Å². The van der Waals surface area contributed by atoms with Gasteiger partial charge in [-0.05, 0) is 38.0 Å². The quantitative estimate of drug-likeness (QED) is 0.794. The van der Waals surface area contributed by atoms with Crippen molar-refractivity contribution in [1.82, 2.24) is 10.1 Å². The number of hydrogen-bond donors (Lipinski definition) is 0. The van der Waals surface area contributed by atoms with Crippen LogP contribution >= 0.6 is 11.8 Å². The molecule has 1 fully saturated rings. The highest BCUT2D eigenvalue weighted by atomic mass is 32.2. The molecule has 0 radical (unpaired) electrons. The molecule has 1 heterocycles. The third-order valence-electron chi connectivity index (χ3n) is 3.02. The summed E-state index contributed by atoms with van der Waals surface area (Å²) in [7, 11) is 0. The van der Waals surface area contributed by atoms with Crippen molar-refractivity contribution in [2.45, 2.75) is 35.8 Å². The topological polar surface area (TPSA) is 62.7 Å². The molecule has 2 aromatic rings. The number of thioether (sulfide) groups is 1. The summed E-state index contributed by atoms with van der Waals surface area (Å²) in [5.74, 6) is 2.01. The Morgan fingerprint density at radius 2 is 2.32 bits per heavy atom. The van der Waals surface area contributed by atoms with Crippen molar-refractivity contribution >= 4 is 11.8 Å². The molecule has 5 heteroatoms. The van der Waals surface area contributed by atoms with E-state index in [4.69, 9.17) is 9.78 Å². The van der Waals surface area contributed by atoms with Crippen LogP contribution in [0.25, 0.3) is 0 Å². The maximum atomic E-state index is 8.88. The van der Waals surface area contributed by atoms with Crippen LogP contribution < -0.4 is 0 Å². The predicted octanol–water partition coefficient (Wildman–Crippen LogP) is 3.67. The van der Waals surface area contributed by atoms with Gasteiger partial charge in [-0.3, -0.25) is 0 Å². The minimum atomic E-state index is 0.0916. The van der Waals surface area contributed by atoms with Gasteiger partial charge in [0.2, 0.25) is 5.89 Å². The summed E-state index contributed by atoms with van der Waals surface area (Å²) in [5, 5.41) is 13.0. The highest BCUT2D eigenvalue weighted by Crippen LogP contribution is 2.40. The molecule has 1 aliphatic rings. The van der Waals surface area contributed by atoms with Crippen LogP contribution in [0, 0.1) is 11.3 Å². The minimum absolute atomic E-state index is 0.0916. The van der Waals surface area contributed by atoms with Crippen LogP contribution in [0.3, 0.4) is 0 Å². The lowest BCUT2D eigenvalue weighted by molar-refractivity contribution is 0.375. The summed E-state index contributed by atoms with van der Waals surface area (Å²) < 4.78 is 5.31. The fourth-order valence-electron chi connectivity index (χ4n) is 1.81. The molecule has 0 N–H and O–H groups in total. The van der Waals surface area contributed by atoms with Crippen molar-refractivity contribution in [2.24, 2.45) is 0 Å². The first-order valence-electron chi connectivity index (χ1n) is 6.26. The zero-order valence-electron chi connectivity index (χ0n) is 10.5. The molecule has 1 unspecified atom stereocenters. The molecule has 0 saturated heterocycles. The van der Waals surface area contributed by atoms with E-state index in [9.17, 15) is 0 Å². The molecule has 1 aromatic heterocycles. The molecule has 0 aliphatic heterocycles. The second kappa shape index (κ2) is 5.06. The lowest BCUT2D eigenvalue weighted by Crippen LogP contribution is -1.90. The molecule has 1 aliphatic carbocycles. The number of aromatic nitrogens is 2. The first kappa shape index (κ1) is 12.2. The van der Waals surface area contributed by atoms with Gasteiger partial charge in [0, 0.05) is 10.8 Å². The lowest BCUT2D eigenvalue weighted by Gasteiger charge is -2.06. The standard InChI is InChI=1S/C14H13N3OS/c1-9(14-16-13(17-18-14)11-5-6-11)19-12-4-2-3-10(7-12)8-15/h2-4,7,9,11H,5-6H2,1H3. The Morgan fingerprint density at radius 3 is 3.05 bits per heavy atom. The predicted molar refractivity (Wildman–Crippen MR) is 71.7 cm³/mol. The third kappa shape index (κ3) is 2.79. The van der Waals surface area contributed by atoms with E-state index in [1.165, 1.54) is 12.8 Å². The molecule has 96 valence electrons. The van der Waals surface area contributed by atoms with Gasteiger partial charge in [-0.1, -0.05) is 11.2 Å². The molecule has 1 atom stereocenters. The van der Waals surface area contributed by atoms with Crippen molar-refractivity contribution in [3.8, 4) is 6.07 Å². The highest BCUT2D eigenvalue weighted by molar-refractivity contribution is 7.99. The normalized spacial score (nSPS) is 16.0. The first-order valence-corrected chi connectivity index (χ1v) is 7.14. The van der Waals surface area contributed by atoms with E-state index in [2.05, 4.69) is 16.2 Å². The van der Waals surface area contributed by atoms with Gasteiger partial charge in [0.15, 0.2) is 5.82 Å². The van der Waals surface area contributed by atoms with Crippen LogP contribution in [0.15, 0.2) is 33.7 Å². The lowest BCUT2D eigenvalue weighted by atomic mass is 10.2. The van der Waals surface area contributed by atoms with E-state index in [1.807, 2.05) is 25.1 Å². The van der Waals surface area contributed by atoms with E-state index in [1.54, 1.807) is 17.8 Å². The Labute approximate surface area is 115 Å². The van der Waals surface area contributed by atoms with E-state index in [0.717, 1.165) is 10.7 Å². The molecule has 0 bridgehead atoms.